The number of hydrogen-bond acceptors (Lipinski definition) is 2. The molecule has 0 aliphatic heterocycles. The number of benzene rings is 2. The van der Waals surface area contributed by atoms with Crippen molar-refractivity contribution in [2.24, 2.45) is 5.73 Å². The van der Waals surface area contributed by atoms with Gasteiger partial charge in [0.25, 0.3) is 0 Å². The van der Waals surface area contributed by atoms with Gasteiger partial charge in [0.2, 0.25) is 0 Å². The molecule has 0 saturated heterocycles. The van der Waals surface area contributed by atoms with Gasteiger partial charge in [-0.3, -0.25) is 5.41 Å². The highest BCUT2D eigenvalue weighted by molar-refractivity contribution is 9.10. The summed E-state index contributed by atoms with van der Waals surface area (Å²) >= 11 is 5.16. The van der Waals surface area contributed by atoms with Gasteiger partial charge < -0.3 is 5.73 Å². The van der Waals surface area contributed by atoms with Gasteiger partial charge in [-0.2, -0.15) is 0 Å². The lowest BCUT2D eigenvalue weighted by Crippen LogP contribution is -2.11. The second-order valence-electron chi connectivity index (χ2n) is 4.88. The summed E-state index contributed by atoms with van der Waals surface area (Å²) in [6, 6.07) is 14.5. The molecular weight excluding hydrogens is 332 g/mol. The van der Waals surface area contributed by atoms with E-state index in [9.17, 15) is 0 Å². The van der Waals surface area contributed by atoms with Gasteiger partial charge in [-0.05, 0) is 57.7 Å². The molecule has 0 amide bonds. The topological polar surface area (TPSA) is 49.9 Å². The van der Waals surface area contributed by atoms with Crippen LogP contribution in [0.3, 0.4) is 0 Å². The van der Waals surface area contributed by atoms with Gasteiger partial charge in [0.15, 0.2) is 0 Å². The maximum absolute atomic E-state index is 7.47. The van der Waals surface area contributed by atoms with E-state index < -0.39 is 0 Å². The third-order valence-corrected chi connectivity index (χ3v) is 4.67. The Morgan fingerprint density at radius 2 is 1.70 bits per heavy atom. The molecular formula is C16H17BrN2S. The number of nitrogen functional groups attached to an aromatic ring is 1. The maximum Gasteiger partial charge on any atom is 0.123 e. The van der Waals surface area contributed by atoms with E-state index in [0.29, 0.717) is 5.92 Å². The molecule has 0 bridgehead atoms. The minimum atomic E-state index is 0.0784. The summed E-state index contributed by atoms with van der Waals surface area (Å²) in [6.45, 7) is 4.39. The largest absolute Gasteiger partial charge is 0.384 e. The first-order chi connectivity index (χ1) is 9.47. The summed E-state index contributed by atoms with van der Waals surface area (Å²) in [4.78, 5) is 2.33. The predicted octanol–water partition coefficient (Wildman–Crippen LogP) is 5.01. The lowest BCUT2D eigenvalue weighted by Gasteiger charge is -2.08. The summed E-state index contributed by atoms with van der Waals surface area (Å²) in [7, 11) is 0. The van der Waals surface area contributed by atoms with Crippen molar-refractivity contribution in [1.29, 1.82) is 5.41 Å². The number of hydrogen-bond donors (Lipinski definition) is 2. The summed E-state index contributed by atoms with van der Waals surface area (Å²) in [5.74, 6) is 0.632. The van der Waals surface area contributed by atoms with Crippen molar-refractivity contribution in [3.05, 3.63) is 58.1 Å². The van der Waals surface area contributed by atoms with Gasteiger partial charge in [-0.1, -0.05) is 37.7 Å². The predicted molar refractivity (Wildman–Crippen MR) is 89.8 cm³/mol. The molecule has 20 heavy (non-hydrogen) atoms. The average molecular weight is 349 g/mol. The summed E-state index contributed by atoms with van der Waals surface area (Å²) in [5, 5.41) is 7.47. The maximum atomic E-state index is 7.47. The highest BCUT2D eigenvalue weighted by Crippen LogP contribution is 2.31. The van der Waals surface area contributed by atoms with E-state index in [2.05, 4.69) is 54.0 Å². The monoisotopic (exact) mass is 348 g/mol. The molecule has 2 nitrogen and oxygen atoms in total. The molecule has 3 N–H and O–H groups in total. The molecule has 0 aliphatic carbocycles. The van der Waals surface area contributed by atoms with Crippen LogP contribution in [0, 0.1) is 5.41 Å². The van der Waals surface area contributed by atoms with E-state index in [0.717, 1.165) is 14.9 Å². The van der Waals surface area contributed by atoms with E-state index in [1.165, 1.54) is 10.5 Å². The van der Waals surface area contributed by atoms with Crippen LogP contribution >= 0.6 is 27.7 Å². The molecule has 4 heteroatoms. The number of nitrogens with one attached hydrogen (secondary N) is 1. The Labute approximate surface area is 132 Å². The van der Waals surface area contributed by atoms with Crippen LogP contribution in [0.5, 0.6) is 0 Å². The highest BCUT2D eigenvalue weighted by atomic mass is 79.9. The first kappa shape index (κ1) is 15.1. The Bertz CT molecular complexity index is 621. The van der Waals surface area contributed by atoms with Gasteiger partial charge in [0.05, 0.1) is 0 Å². The molecule has 0 aromatic heterocycles. The molecule has 0 atom stereocenters. The quantitative estimate of drug-likeness (QED) is 0.602. The van der Waals surface area contributed by atoms with E-state index in [-0.39, 0.29) is 5.84 Å². The molecule has 104 valence electrons. The van der Waals surface area contributed by atoms with Gasteiger partial charge in [-0.15, -0.1) is 0 Å². The molecule has 0 radical (unpaired) electrons. The molecule has 2 aromatic carbocycles. The zero-order valence-electron chi connectivity index (χ0n) is 11.5. The zero-order chi connectivity index (χ0) is 14.7. The standard InChI is InChI=1S/C16H17BrN2S/c1-10(2)11-3-5-12(6-4-11)20-13-7-8-14(16(18)19)15(17)9-13/h3-10H,1-2H3,(H3,18,19). The highest BCUT2D eigenvalue weighted by Gasteiger charge is 2.06. The Hall–Kier alpha value is -1.26. The smallest absolute Gasteiger partial charge is 0.123 e. The average Bonchev–Trinajstić information content (AvgIpc) is 2.39. The first-order valence-corrected chi connectivity index (χ1v) is 8.00. The second kappa shape index (κ2) is 6.46. The van der Waals surface area contributed by atoms with Crippen LogP contribution in [0.4, 0.5) is 0 Å². The van der Waals surface area contributed by atoms with Crippen LogP contribution in [0.15, 0.2) is 56.7 Å². The number of rotatable bonds is 4. The van der Waals surface area contributed by atoms with Crippen LogP contribution in [0.1, 0.15) is 30.9 Å². The number of nitrogens with two attached hydrogens (primary N) is 1. The van der Waals surface area contributed by atoms with Gasteiger partial charge in [-0.25, -0.2) is 0 Å². The van der Waals surface area contributed by atoms with Crippen molar-refractivity contribution < 1.29 is 0 Å². The molecule has 2 aromatic rings. The minimum absolute atomic E-state index is 0.0784. The Morgan fingerprint density at radius 3 is 2.20 bits per heavy atom. The zero-order valence-corrected chi connectivity index (χ0v) is 13.9. The van der Waals surface area contributed by atoms with E-state index in [1.807, 2.05) is 18.2 Å². The van der Waals surface area contributed by atoms with Crippen molar-refractivity contribution in [1.82, 2.24) is 0 Å². The summed E-state index contributed by atoms with van der Waals surface area (Å²) in [6.07, 6.45) is 0. The molecule has 0 spiro atoms. The Balaban J connectivity index is 2.17. The fourth-order valence-corrected chi connectivity index (χ4v) is 3.44. The molecule has 0 fully saturated rings. The number of halogens is 1. The van der Waals surface area contributed by atoms with Crippen molar-refractivity contribution in [2.75, 3.05) is 0 Å². The fourth-order valence-electron chi connectivity index (χ4n) is 1.83. The van der Waals surface area contributed by atoms with Crippen LogP contribution in [0.2, 0.25) is 0 Å². The second-order valence-corrected chi connectivity index (χ2v) is 6.88. The minimum Gasteiger partial charge on any atom is -0.384 e. The molecule has 2 rings (SSSR count). The molecule has 0 aliphatic rings. The van der Waals surface area contributed by atoms with E-state index in [4.69, 9.17) is 11.1 Å². The van der Waals surface area contributed by atoms with Crippen LogP contribution < -0.4 is 5.73 Å². The Morgan fingerprint density at radius 1 is 1.10 bits per heavy atom. The van der Waals surface area contributed by atoms with Crippen molar-refractivity contribution in [2.45, 2.75) is 29.6 Å². The van der Waals surface area contributed by atoms with Crippen LogP contribution in [0.25, 0.3) is 0 Å². The fraction of sp³-hybridized carbons (Fsp3) is 0.188. The van der Waals surface area contributed by atoms with Crippen molar-refractivity contribution in [3.8, 4) is 0 Å². The van der Waals surface area contributed by atoms with Gasteiger partial charge in [0, 0.05) is 19.8 Å². The van der Waals surface area contributed by atoms with Crippen LogP contribution in [-0.2, 0) is 0 Å². The van der Waals surface area contributed by atoms with Crippen molar-refractivity contribution >= 4 is 33.5 Å². The van der Waals surface area contributed by atoms with Crippen molar-refractivity contribution in [3.63, 3.8) is 0 Å². The Kier molecular flexibility index (Phi) is 4.89. The van der Waals surface area contributed by atoms with E-state index >= 15 is 0 Å². The number of amidine groups is 1. The molecule has 0 saturated carbocycles. The molecule has 0 unspecified atom stereocenters. The first-order valence-electron chi connectivity index (χ1n) is 6.39. The van der Waals surface area contributed by atoms with Gasteiger partial charge >= 0.3 is 0 Å². The third kappa shape index (κ3) is 3.64. The third-order valence-electron chi connectivity index (χ3n) is 3.01. The lowest BCUT2D eigenvalue weighted by molar-refractivity contribution is 0.865. The normalized spacial score (nSPS) is 10.8. The van der Waals surface area contributed by atoms with E-state index in [1.54, 1.807) is 11.8 Å². The lowest BCUT2D eigenvalue weighted by atomic mass is 10.0. The SMILES string of the molecule is CC(C)c1ccc(Sc2ccc(C(=N)N)c(Br)c2)cc1. The molecule has 0 heterocycles. The summed E-state index contributed by atoms with van der Waals surface area (Å²) in [5.41, 5.74) is 7.58. The van der Waals surface area contributed by atoms with Crippen LogP contribution in [-0.4, -0.2) is 5.84 Å². The van der Waals surface area contributed by atoms with Gasteiger partial charge in [0.1, 0.15) is 5.84 Å². The summed E-state index contributed by atoms with van der Waals surface area (Å²) < 4.78 is 0.855.